The van der Waals surface area contributed by atoms with Crippen molar-refractivity contribution in [3.05, 3.63) is 30.1 Å². The van der Waals surface area contributed by atoms with E-state index in [0.29, 0.717) is 10.8 Å². The number of carbonyl (C=O) groups is 1. The number of carbonyl (C=O) groups excluding carboxylic acids is 1. The zero-order valence-electron chi connectivity index (χ0n) is 23.4. The first-order valence-electron chi connectivity index (χ1n) is 16.0. The van der Waals surface area contributed by atoms with Gasteiger partial charge in [-0.1, -0.05) is 0 Å². The van der Waals surface area contributed by atoms with Gasteiger partial charge in [0.2, 0.25) is 0 Å². The molecule has 5 heteroatoms. The van der Waals surface area contributed by atoms with Crippen molar-refractivity contribution in [3.8, 4) is 0 Å². The Bertz CT molecular complexity index is 846. The molecular weight excluding hydrogens is 490 g/mol. The molecule has 8 bridgehead atoms. The second kappa shape index (κ2) is 10.9. The molecule has 4 nitrogen and oxygen atoms in total. The number of pyridine rings is 1. The molecule has 210 valence electrons. The number of hydrogen-bond donors (Lipinski definition) is 1. The molecule has 0 aliphatic heterocycles. The van der Waals surface area contributed by atoms with Crippen molar-refractivity contribution in [1.82, 2.24) is 15.2 Å². The number of nitrogens with zero attached hydrogens (tertiary/aromatic N) is 2. The standard InChI is InChI=1S/C33H49N3O.ClH/c37-31(35-7-1-2-24-3-8-34-9-4-24)36(10-5-32-18-25-12-26(19-32)14-27(13-25)20-32)11-6-33-21-28-15-29(22-33)17-30(16-28)23-33;/h3-4,8-9,25-30H,1-2,5-7,10-23H2,(H,35,37);1H. The van der Waals surface area contributed by atoms with Crippen molar-refractivity contribution in [3.63, 3.8) is 0 Å². The first kappa shape index (κ1) is 26.9. The van der Waals surface area contributed by atoms with Crippen LogP contribution in [0.1, 0.15) is 102 Å². The number of hydrogen-bond acceptors (Lipinski definition) is 2. The van der Waals surface area contributed by atoms with Crippen molar-refractivity contribution < 1.29 is 4.79 Å². The smallest absolute Gasteiger partial charge is 0.317 e. The number of rotatable bonds is 10. The molecule has 8 fully saturated rings. The molecule has 38 heavy (non-hydrogen) atoms. The van der Waals surface area contributed by atoms with Gasteiger partial charge < -0.3 is 10.2 Å². The van der Waals surface area contributed by atoms with Crippen LogP contribution in [0.5, 0.6) is 0 Å². The van der Waals surface area contributed by atoms with Crippen LogP contribution in [0.4, 0.5) is 4.79 Å². The first-order chi connectivity index (χ1) is 18.0. The normalized spacial score (nSPS) is 39.7. The Morgan fingerprint density at radius 2 is 1.18 bits per heavy atom. The molecule has 2 amide bonds. The van der Waals surface area contributed by atoms with Crippen molar-refractivity contribution in [2.24, 2.45) is 46.3 Å². The van der Waals surface area contributed by atoms with E-state index in [1.54, 1.807) is 0 Å². The van der Waals surface area contributed by atoms with E-state index < -0.39 is 0 Å². The van der Waals surface area contributed by atoms with Crippen molar-refractivity contribution in [2.75, 3.05) is 19.6 Å². The first-order valence-corrected chi connectivity index (χ1v) is 16.0. The number of aryl methyl sites for hydroxylation is 1. The Morgan fingerprint density at radius 3 is 1.61 bits per heavy atom. The summed E-state index contributed by atoms with van der Waals surface area (Å²) in [7, 11) is 0. The minimum atomic E-state index is 0. The van der Waals surface area contributed by atoms with E-state index in [9.17, 15) is 4.79 Å². The Labute approximate surface area is 236 Å². The predicted octanol–water partition coefficient (Wildman–Crippen LogP) is 7.66. The molecular formula is C33H50ClN3O. The zero-order chi connectivity index (χ0) is 24.9. The van der Waals surface area contributed by atoms with E-state index >= 15 is 0 Å². The number of nitrogens with one attached hydrogen (secondary N) is 1. The molecule has 8 aliphatic rings. The summed E-state index contributed by atoms with van der Waals surface area (Å²) in [6.07, 6.45) is 26.0. The maximum atomic E-state index is 13.6. The van der Waals surface area contributed by atoms with Crippen LogP contribution in [0.3, 0.4) is 0 Å². The highest BCUT2D eigenvalue weighted by Gasteiger charge is 2.52. The summed E-state index contributed by atoms with van der Waals surface area (Å²) in [6, 6.07) is 4.39. The van der Waals surface area contributed by atoms with E-state index in [1.165, 1.54) is 95.5 Å². The summed E-state index contributed by atoms with van der Waals surface area (Å²) in [5.41, 5.74) is 2.41. The van der Waals surface area contributed by atoms with Crippen molar-refractivity contribution in [2.45, 2.75) is 103 Å². The summed E-state index contributed by atoms with van der Waals surface area (Å²) in [6.45, 7) is 2.73. The summed E-state index contributed by atoms with van der Waals surface area (Å²) in [5.74, 6) is 5.97. The van der Waals surface area contributed by atoms with Crippen LogP contribution in [0.2, 0.25) is 0 Å². The van der Waals surface area contributed by atoms with E-state index in [0.717, 1.165) is 68.0 Å². The van der Waals surface area contributed by atoms with Crippen LogP contribution in [-0.4, -0.2) is 35.5 Å². The molecule has 1 aromatic rings. The lowest BCUT2D eigenvalue weighted by molar-refractivity contribution is -0.0656. The molecule has 1 aromatic heterocycles. The van der Waals surface area contributed by atoms with Gasteiger partial charge in [-0.2, -0.15) is 0 Å². The van der Waals surface area contributed by atoms with E-state index in [1.807, 2.05) is 12.4 Å². The number of aromatic nitrogens is 1. The molecule has 0 unspecified atom stereocenters. The number of halogens is 1. The van der Waals surface area contributed by atoms with Gasteiger partial charge in [0.25, 0.3) is 0 Å². The maximum absolute atomic E-state index is 13.6. The largest absolute Gasteiger partial charge is 0.338 e. The fourth-order valence-electron chi connectivity index (χ4n) is 11.4. The Hall–Kier alpha value is -1.29. The van der Waals surface area contributed by atoms with E-state index in [4.69, 9.17) is 0 Å². The lowest BCUT2D eigenvalue weighted by atomic mass is 9.48. The summed E-state index contributed by atoms with van der Waals surface area (Å²) < 4.78 is 0. The third kappa shape index (κ3) is 5.63. The minimum Gasteiger partial charge on any atom is -0.338 e. The molecule has 0 radical (unpaired) electrons. The molecule has 1 heterocycles. The van der Waals surface area contributed by atoms with Gasteiger partial charge in [-0.05, 0) is 167 Å². The molecule has 9 rings (SSSR count). The highest BCUT2D eigenvalue weighted by atomic mass is 35.5. The van der Waals surface area contributed by atoms with Gasteiger partial charge in [-0.3, -0.25) is 4.98 Å². The van der Waals surface area contributed by atoms with Gasteiger partial charge in [0.15, 0.2) is 0 Å². The predicted molar refractivity (Wildman–Crippen MR) is 155 cm³/mol. The highest BCUT2D eigenvalue weighted by molar-refractivity contribution is 5.85. The Morgan fingerprint density at radius 1 is 0.763 bits per heavy atom. The third-order valence-corrected chi connectivity index (χ3v) is 12.1. The van der Waals surface area contributed by atoms with Crippen LogP contribution in [0, 0.1) is 46.3 Å². The summed E-state index contributed by atoms with van der Waals surface area (Å²) >= 11 is 0. The van der Waals surface area contributed by atoms with Crippen molar-refractivity contribution in [1.29, 1.82) is 0 Å². The third-order valence-electron chi connectivity index (χ3n) is 12.1. The van der Waals surface area contributed by atoms with Gasteiger partial charge in [0.1, 0.15) is 0 Å². The fraction of sp³-hybridized carbons (Fsp3) is 0.818. The minimum absolute atomic E-state index is 0. The monoisotopic (exact) mass is 539 g/mol. The van der Waals surface area contributed by atoms with Gasteiger partial charge >= 0.3 is 6.03 Å². The number of amides is 2. The maximum Gasteiger partial charge on any atom is 0.317 e. The topological polar surface area (TPSA) is 45.2 Å². The molecule has 8 saturated carbocycles. The lowest BCUT2D eigenvalue weighted by Crippen LogP contribution is -2.50. The second-order valence-electron chi connectivity index (χ2n) is 15.0. The molecule has 0 spiro atoms. The lowest BCUT2D eigenvalue weighted by Gasteiger charge is -2.58. The molecule has 0 aromatic carbocycles. The van der Waals surface area contributed by atoms with Gasteiger partial charge in [-0.25, -0.2) is 4.79 Å². The van der Waals surface area contributed by atoms with Crippen LogP contribution in [0.15, 0.2) is 24.5 Å². The Balaban J connectivity index is 0.00000264. The zero-order valence-corrected chi connectivity index (χ0v) is 24.2. The second-order valence-corrected chi connectivity index (χ2v) is 15.0. The van der Waals surface area contributed by atoms with Crippen molar-refractivity contribution >= 4 is 18.4 Å². The highest BCUT2D eigenvalue weighted by Crippen LogP contribution is 2.62. The van der Waals surface area contributed by atoms with Crippen LogP contribution in [-0.2, 0) is 6.42 Å². The van der Waals surface area contributed by atoms with Gasteiger partial charge in [0, 0.05) is 32.0 Å². The molecule has 0 saturated heterocycles. The SMILES string of the molecule is Cl.O=C(NCCCc1ccncc1)N(CCC12CC3CC(CC(C3)C1)C2)CCC12CC3CC(CC(C3)C1)C2. The van der Waals surface area contributed by atoms with Crippen LogP contribution < -0.4 is 5.32 Å². The molecule has 8 aliphatic carbocycles. The quantitative estimate of drug-likeness (QED) is 0.310. The fourth-order valence-corrected chi connectivity index (χ4v) is 11.4. The summed E-state index contributed by atoms with van der Waals surface area (Å²) in [4.78, 5) is 20.0. The van der Waals surface area contributed by atoms with Gasteiger partial charge in [0.05, 0.1) is 0 Å². The van der Waals surface area contributed by atoms with E-state index in [2.05, 4.69) is 27.3 Å². The number of urea groups is 1. The average Bonchev–Trinajstić information content (AvgIpc) is 2.85. The van der Waals surface area contributed by atoms with Crippen LogP contribution >= 0.6 is 12.4 Å². The van der Waals surface area contributed by atoms with Crippen LogP contribution in [0.25, 0.3) is 0 Å². The Kier molecular flexibility index (Phi) is 7.75. The van der Waals surface area contributed by atoms with E-state index in [-0.39, 0.29) is 18.4 Å². The average molecular weight is 540 g/mol. The summed E-state index contributed by atoms with van der Waals surface area (Å²) in [5, 5.41) is 3.34. The van der Waals surface area contributed by atoms with Gasteiger partial charge in [-0.15, -0.1) is 12.4 Å². The molecule has 1 N–H and O–H groups in total. The molecule has 0 atom stereocenters.